The molecule has 0 unspecified atom stereocenters. The Morgan fingerprint density at radius 3 is 2.28 bits per heavy atom. The van der Waals surface area contributed by atoms with Gasteiger partial charge < -0.3 is 14.7 Å². The van der Waals surface area contributed by atoms with Gasteiger partial charge in [-0.15, -0.1) is 10.2 Å². The Hall–Kier alpha value is -1.85. The fraction of sp³-hybridized carbons (Fsp3) is 0.737. The second-order valence-corrected chi connectivity index (χ2v) is 7.07. The van der Waals surface area contributed by atoms with Crippen molar-refractivity contribution in [2.24, 2.45) is 5.92 Å². The first-order valence-electron chi connectivity index (χ1n) is 9.85. The first kappa shape index (κ1) is 18.0. The van der Waals surface area contributed by atoms with Crippen LogP contribution in [-0.2, 0) is 4.79 Å². The zero-order valence-electron chi connectivity index (χ0n) is 15.7. The first-order valence-corrected chi connectivity index (χ1v) is 9.85. The van der Waals surface area contributed by atoms with Gasteiger partial charge in [-0.2, -0.15) is 0 Å². The fourth-order valence-corrected chi connectivity index (χ4v) is 3.97. The average Bonchev–Trinajstić information content (AvgIpc) is 2.70. The molecule has 1 saturated heterocycles. The number of nitrogens with zero attached hydrogens (tertiary/aromatic N) is 5. The van der Waals surface area contributed by atoms with Crippen LogP contribution in [0.15, 0.2) is 12.1 Å². The SMILES string of the molecule is CCN(CC)c1ccc(N2CCN(C(=O)C3CCCCC3)CC2)nn1. The number of amides is 1. The third kappa shape index (κ3) is 4.22. The third-order valence-electron chi connectivity index (χ3n) is 5.59. The van der Waals surface area contributed by atoms with E-state index in [1.165, 1.54) is 19.3 Å². The Labute approximate surface area is 151 Å². The van der Waals surface area contributed by atoms with Crippen molar-refractivity contribution >= 4 is 17.5 Å². The first-order chi connectivity index (χ1) is 12.2. The van der Waals surface area contributed by atoms with Gasteiger partial charge in [0.25, 0.3) is 0 Å². The molecule has 0 aromatic carbocycles. The van der Waals surface area contributed by atoms with E-state index in [-0.39, 0.29) is 5.92 Å². The van der Waals surface area contributed by atoms with Crippen LogP contribution in [0, 0.1) is 5.92 Å². The van der Waals surface area contributed by atoms with Crippen molar-refractivity contribution in [2.45, 2.75) is 46.0 Å². The standard InChI is InChI=1S/C19H31N5O/c1-3-22(4-2)17-10-11-18(21-20-17)23-12-14-24(15-13-23)19(25)16-8-6-5-7-9-16/h10-11,16H,3-9,12-15H2,1-2H3. The Morgan fingerprint density at radius 1 is 1.04 bits per heavy atom. The Bertz CT molecular complexity index is 543. The van der Waals surface area contributed by atoms with Crippen molar-refractivity contribution in [3.63, 3.8) is 0 Å². The van der Waals surface area contributed by atoms with E-state index in [1.54, 1.807) is 0 Å². The number of hydrogen-bond acceptors (Lipinski definition) is 5. The molecule has 2 aliphatic rings. The monoisotopic (exact) mass is 345 g/mol. The highest BCUT2D eigenvalue weighted by atomic mass is 16.2. The summed E-state index contributed by atoms with van der Waals surface area (Å²) in [6.07, 6.45) is 5.88. The minimum Gasteiger partial charge on any atom is -0.356 e. The van der Waals surface area contributed by atoms with Crippen LogP contribution in [0.4, 0.5) is 11.6 Å². The van der Waals surface area contributed by atoms with Crippen LogP contribution in [0.3, 0.4) is 0 Å². The molecule has 1 saturated carbocycles. The molecule has 0 spiro atoms. The number of carbonyl (C=O) groups is 1. The molecule has 6 nitrogen and oxygen atoms in total. The van der Waals surface area contributed by atoms with E-state index in [1.807, 2.05) is 0 Å². The van der Waals surface area contributed by atoms with Crippen LogP contribution in [-0.4, -0.2) is 60.3 Å². The van der Waals surface area contributed by atoms with E-state index >= 15 is 0 Å². The lowest BCUT2D eigenvalue weighted by Crippen LogP contribution is -2.50. The van der Waals surface area contributed by atoms with Crippen molar-refractivity contribution in [2.75, 3.05) is 49.1 Å². The van der Waals surface area contributed by atoms with Gasteiger partial charge in [-0.1, -0.05) is 19.3 Å². The summed E-state index contributed by atoms with van der Waals surface area (Å²) < 4.78 is 0. The smallest absolute Gasteiger partial charge is 0.225 e. The van der Waals surface area contributed by atoms with Gasteiger partial charge in [0, 0.05) is 45.2 Å². The van der Waals surface area contributed by atoms with Gasteiger partial charge in [-0.3, -0.25) is 4.79 Å². The summed E-state index contributed by atoms with van der Waals surface area (Å²) in [4.78, 5) is 19.1. The molecule has 1 aliphatic heterocycles. The molecule has 0 radical (unpaired) electrons. The fourth-order valence-electron chi connectivity index (χ4n) is 3.97. The van der Waals surface area contributed by atoms with Crippen molar-refractivity contribution in [1.29, 1.82) is 0 Å². The van der Waals surface area contributed by atoms with Gasteiger partial charge in [-0.25, -0.2) is 0 Å². The maximum atomic E-state index is 12.7. The molecular weight excluding hydrogens is 314 g/mol. The average molecular weight is 345 g/mol. The van der Waals surface area contributed by atoms with E-state index in [0.717, 1.165) is 63.7 Å². The van der Waals surface area contributed by atoms with Crippen molar-refractivity contribution in [3.05, 3.63) is 12.1 Å². The van der Waals surface area contributed by atoms with Gasteiger partial charge in [0.2, 0.25) is 5.91 Å². The molecule has 6 heteroatoms. The second kappa shape index (κ2) is 8.50. The van der Waals surface area contributed by atoms with E-state index in [2.05, 4.69) is 50.9 Å². The molecule has 138 valence electrons. The number of anilines is 2. The van der Waals surface area contributed by atoms with E-state index in [9.17, 15) is 4.79 Å². The van der Waals surface area contributed by atoms with E-state index < -0.39 is 0 Å². The van der Waals surface area contributed by atoms with Crippen LogP contribution < -0.4 is 9.80 Å². The minimum absolute atomic E-state index is 0.272. The predicted molar refractivity (Wildman–Crippen MR) is 101 cm³/mol. The van der Waals surface area contributed by atoms with Gasteiger partial charge >= 0.3 is 0 Å². The quantitative estimate of drug-likeness (QED) is 0.821. The largest absolute Gasteiger partial charge is 0.356 e. The lowest BCUT2D eigenvalue weighted by atomic mass is 9.88. The molecule has 1 aliphatic carbocycles. The second-order valence-electron chi connectivity index (χ2n) is 7.07. The number of aromatic nitrogens is 2. The van der Waals surface area contributed by atoms with Crippen molar-refractivity contribution in [1.82, 2.24) is 15.1 Å². The topological polar surface area (TPSA) is 52.6 Å². The van der Waals surface area contributed by atoms with Gasteiger partial charge in [0.1, 0.15) is 0 Å². The number of piperazine rings is 1. The summed E-state index contributed by atoms with van der Waals surface area (Å²) in [5.74, 6) is 2.50. The van der Waals surface area contributed by atoms with E-state index in [0.29, 0.717) is 5.91 Å². The molecule has 1 amide bonds. The number of hydrogen-bond donors (Lipinski definition) is 0. The summed E-state index contributed by atoms with van der Waals surface area (Å²) in [7, 11) is 0. The Kier molecular flexibility index (Phi) is 6.10. The van der Waals surface area contributed by atoms with Gasteiger partial charge in [0.15, 0.2) is 11.6 Å². The molecule has 0 atom stereocenters. The maximum Gasteiger partial charge on any atom is 0.225 e. The van der Waals surface area contributed by atoms with Crippen LogP contribution in [0.2, 0.25) is 0 Å². The van der Waals surface area contributed by atoms with Crippen molar-refractivity contribution < 1.29 is 4.79 Å². The molecule has 0 bridgehead atoms. The maximum absolute atomic E-state index is 12.7. The van der Waals surface area contributed by atoms with Crippen LogP contribution in [0.25, 0.3) is 0 Å². The summed E-state index contributed by atoms with van der Waals surface area (Å²) in [5, 5.41) is 8.79. The highest BCUT2D eigenvalue weighted by molar-refractivity contribution is 5.79. The zero-order valence-corrected chi connectivity index (χ0v) is 15.7. The zero-order chi connectivity index (χ0) is 17.6. The lowest BCUT2D eigenvalue weighted by molar-refractivity contribution is -0.136. The normalized spacial score (nSPS) is 19.1. The number of carbonyl (C=O) groups excluding carboxylic acids is 1. The molecule has 3 rings (SSSR count). The highest BCUT2D eigenvalue weighted by Crippen LogP contribution is 2.26. The summed E-state index contributed by atoms with van der Waals surface area (Å²) in [6, 6.07) is 4.11. The van der Waals surface area contributed by atoms with Crippen LogP contribution in [0.5, 0.6) is 0 Å². The molecule has 2 heterocycles. The Balaban J connectivity index is 1.54. The van der Waals surface area contributed by atoms with Gasteiger partial charge in [-0.05, 0) is 38.8 Å². The number of rotatable bonds is 5. The van der Waals surface area contributed by atoms with Crippen LogP contribution in [0.1, 0.15) is 46.0 Å². The Morgan fingerprint density at radius 2 is 1.72 bits per heavy atom. The highest BCUT2D eigenvalue weighted by Gasteiger charge is 2.28. The molecule has 25 heavy (non-hydrogen) atoms. The molecule has 0 N–H and O–H groups in total. The lowest BCUT2D eigenvalue weighted by Gasteiger charge is -2.37. The predicted octanol–water partition coefficient (Wildman–Crippen LogP) is 2.55. The molecular formula is C19H31N5O. The van der Waals surface area contributed by atoms with Crippen LogP contribution >= 0.6 is 0 Å². The van der Waals surface area contributed by atoms with E-state index in [4.69, 9.17) is 0 Å². The minimum atomic E-state index is 0.272. The molecule has 1 aromatic heterocycles. The third-order valence-corrected chi connectivity index (χ3v) is 5.59. The van der Waals surface area contributed by atoms with Gasteiger partial charge in [0.05, 0.1) is 0 Å². The summed E-state index contributed by atoms with van der Waals surface area (Å²) in [5.41, 5.74) is 0. The molecule has 1 aromatic rings. The summed E-state index contributed by atoms with van der Waals surface area (Å²) >= 11 is 0. The molecule has 2 fully saturated rings. The van der Waals surface area contributed by atoms with Crippen molar-refractivity contribution in [3.8, 4) is 0 Å². The summed E-state index contributed by atoms with van der Waals surface area (Å²) in [6.45, 7) is 9.42.